The highest BCUT2D eigenvalue weighted by atomic mass is 16.5. The van der Waals surface area contributed by atoms with Crippen molar-refractivity contribution in [3.63, 3.8) is 0 Å². The summed E-state index contributed by atoms with van der Waals surface area (Å²) in [6.07, 6.45) is 4.49. The van der Waals surface area contributed by atoms with Gasteiger partial charge >= 0.3 is 0 Å². The van der Waals surface area contributed by atoms with Crippen molar-refractivity contribution in [1.29, 1.82) is 0 Å². The van der Waals surface area contributed by atoms with E-state index in [0.717, 1.165) is 35.8 Å². The Bertz CT molecular complexity index is 708. The van der Waals surface area contributed by atoms with Crippen molar-refractivity contribution in [1.82, 2.24) is 10.2 Å². The third-order valence-corrected chi connectivity index (χ3v) is 4.90. The number of fused-ring (bicyclic) bond motifs is 1. The number of rotatable bonds is 5. The second kappa shape index (κ2) is 7.36. The molecule has 5 heteroatoms. The minimum Gasteiger partial charge on any atom is -0.451 e. The number of para-hydroxylation sites is 1. The van der Waals surface area contributed by atoms with Crippen LogP contribution in [0.3, 0.4) is 0 Å². The molecule has 3 rings (SSSR count). The van der Waals surface area contributed by atoms with Crippen LogP contribution in [0.1, 0.15) is 41.8 Å². The SMILES string of the molecule is COCc1c(C(=O)NC2CCCCC2N(C)C)oc2ccccc12. The Morgan fingerprint density at radius 3 is 2.79 bits per heavy atom. The lowest BCUT2D eigenvalue weighted by molar-refractivity contribution is 0.0851. The lowest BCUT2D eigenvalue weighted by atomic mass is 9.89. The van der Waals surface area contributed by atoms with Crippen LogP contribution in [0.2, 0.25) is 0 Å². The van der Waals surface area contributed by atoms with E-state index in [1.165, 1.54) is 6.42 Å². The smallest absolute Gasteiger partial charge is 0.287 e. The van der Waals surface area contributed by atoms with Crippen LogP contribution in [0.4, 0.5) is 0 Å². The van der Waals surface area contributed by atoms with Crippen molar-refractivity contribution in [2.24, 2.45) is 0 Å². The minimum atomic E-state index is -0.142. The van der Waals surface area contributed by atoms with Crippen LogP contribution < -0.4 is 5.32 Å². The number of carbonyl (C=O) groups is 1. The number of furan rings is 1. The molecule has 1 aliphatic rings. The maximum absolute atomic E-state index is 12.9. The van der Waals surface area contributed by atoms with Gasteiger partial charge in [-0.15, -0.1) is 0 Å². The van der Waals surface area contributed by atoms with Gasteiger partial charge in [0.15, 0.2) is 5.76 Å². The zero-order valence-electron chi connectivity index (χ0n) is 14.7. The maximum atomic E-state index is 12.9. The van der Waals surface area contributed by atoms with E-state index in [4.69, 9.17) is 9.15 Å². The van der Waals surface area contributed by atoms with Gasteiger partial charge in [0, 0.05) is 30.1 Å². The Balaban J connectivity index is 1.86. The normalized spacial score (nSPS) is 21.3. The van der Waals surface area contributed by atoms with Gasteiger partial charge in [-0.3, -0.25) is 4.79 Å². The second-order valence-corrected chi connectivity index (χ2v) is 6.73. The number of hydrogen-bond acceptors (Lipinski definition) is 4. The average molecular weight is 330 g/mol. The lowest BCUT2D eigenvalue weighted by Crippen LogP contribution is -2.51. The monoisotopic (exact) mass is 330 g/mol. The zero-order chi connectivity index (χ0) is 17.1. The van der Waals surface area contributed by atoms with E-state index < -0.39 is 0 Å². The number of likely N-dealkylation sites (N-methyl/N-ethyl adjacent to an activating group) is 1. The van der Waals surface area contributed by atoms with Crippen LogP contribution in [-0.2, 0) is 11.3 Å². The van der Waals surface area contributed by atoms with Crippen LogP contribution in [0, 0.1) is 0 Å². The molecule has 1 aromatic carbocycles. The number of methoxy groups -OCH3 is 1. The molecule has 1 aromatic heterocycles. The molecule has 0 aliphatic heterocycles. The minimum absolute atomic E-state index is 0.142. The number of ether oxygens (including phenoxy) is 1. The summed E-state index contributed by atoms with van der Waals surface area (Å²) in [6, 6.07) is 8.24. The largest absolute Gasteiger partial charge is 0.451 e. The first-order chi connectivity index (χ1) is 11.6. The summed E-state index contributed by atoms with van der Waals surface area (Å²) in [5.74, 6) is 0.234. The van der Waals surface area contributed by atoms with E-state index in [-0.39, 0.29) is 11.9 Å². The van der Waals surface area contributed by atoms with Crippen LogP contribution in [-0.4, -0.2) is 44.1 Å². The van der Waals surface area contributed by atoms with Crippen molar-refractivity contribution in [3.8, 4) is 0 Å². The zero-order valence-corrected chi connectivity index (χ0v) is 14.7. The number of nitrogens with zero attached hydrogens (tertiary/aromatic N) is 1. The summed E-state index contributed by atoms with van der Waals surface area (Å²) in [5.41, 5.74) is 1.55. The van der Waals surface area contributed by atoms with E-state index in [0.29, 0.717) is 18.4 Å². The van der Waals surface area contributed by atoms with Crippen molar-refractivity contribution in [2.75, 3.05) is 21.2 Å². The van der Waals surface area contributed by atoms with E-state index in [1.807, 2.05) is 24.3 Å². The predicted molar refractivity (Wildman–Crippen MR) is 94.1 cm³/mol. The topological polar surface area (TPSA) is 54.7 Å². The molecule has 24 heavy (non-hydrogen) atoms. The molecule has 1 amide bonds. The Hall–Kier alpha value is -1.85. The fourth-order valence-electron chi connectivity index (χ4n) is 3.70. The van der Waals surface area contributed by atoms with Crippen LogP contribution in [0.25, 0.3) is 11.0 Å². The van der Waals surface area contributed by atoms with Gasteiger partial charge in [0.2, 0.25) is 0 Å². The molecule has 2 aromatic rings. The Kier molecular flexibility index (Phi) is 5.21. The highest BCUT2D eigenvalue weighted by Crippen LogP contribution is 2.28. The van der Waals surface area contributed by atoms with E-state index >= 15 is 0 Å². The quantitative estimate of drug-likeness (QED) is 0.915. The molecule has 0 radical (unpaired) electrons. The molecule has 2 atom stereocenters. The Labute approximate surface area is 143 Å². The lowest BCUT2D eigenvalue weighted by Gasteiger charge is -2.36. The first-order valence-electron chi connectivity index (χ1n) is 8.58. The molecule has 0 saturated heterocycles. The van der Waals surface area contributed by atoms with Gasteiger partial charge in [-0.05, 0) is 33.0 Å². The number of nitrogens with one attached hydrogen (secondary N) is 1. The highest BCUT2D eigenvalue weighted by Gasteiger charge is 2.30. The van der Waals surface area contributed by atoms with E-state index in [2.05, 4.69) is 24.3 Å². The number of carbonyl (C=O) groups excluding carboxylic acids is 1. The third kappa shape index (κ3) is 3.32. The third-order valence-electron chi connectivity index (χ3n) is 4.90. The molecular formula is C19H26N2O3. The van der Waals surface area contributed by atoms with E-state index in [9.17, 15) is 4.79 Å². The molecule has 1 aliphatic carbocycles. The van der Waals surface area contributed by atoms with Crippen molar-refractivity contribution in [2.45, 2.75) is 44.4 Å². The van der Waals surface area contributed by atoms with Crippen molar-refractivity contribution in [3.05, 3.63) is 35.6 Å². The van der Waals surface area contributed by atoms with Crippen molar-refractivity contribution >= 4 is 16.9 Å². The van der Waals surface area contributed by atoms with Gasteiger partial charge in [0.05, 0.1) is 6.61 Å². The fourth-order valence-corrected chi connectivity index (χ4v) is 3.70. The Morgan fingerprint density at radius 1 is 1.29 bits per heavy atom. The first-order valence-corrected chi connectivity index (χ1v) is 8.58. The fraction of sp³-hybridized carbons (Fsp3) is 0.526. The number of amides is 1. The molecule has 1 fully saturated rings. The maximum Gasteiger partial charge on any atom is 0.287 e. The highest BCUT2D eigenvalue weighted by molar-refractivity contribution is 5.99. The summed E-state index contributed by atoms with van der Waals surface area (Å²) in [4.78, 5) is 15.1. The number of hydrogen-bond donors (Lipinski definition) is 1. The Morgan fingerprint density at radius 2 is 2.04 bits per heavy atom. The van der Waals surface area contributed by atoms with Gasteiger partial charge in [0.25, 0.3) is 5.91 Å². The molecule has 0 bridgehead atoms. The molecule has 1 heterocycles. The first kappa shape index (κ1) is 17.0. The second-order valence-electron chi connectivity index (χ2n) is 6.73. The predicted octanol–water partition coefficient (Wildman–Crippen LogP) is 3.18. The number of benzene rings is 1. The van der Waals surface area contributed by atoms with Gasteiger partial charge in [0.1, 0.15) is 5.58 Å². The molecule has 5 nitrogen and oxygen atoms in total. The van der Waals surface area contributed by atoms with Crippen LogP contribution in [0.15, 0.2) is 28.7 Å². The summed E-state index contributed by atoms with van der Waals surface area (Å²) in [5, 5.41) is 4.14. The van der Waals surface area contributed by atoms with Crippen molar-refractivity contribution < 1.29 is 13.9 Å². The van der Waals surface area contributed by atoms with E-state index in [1.54, 1.807) is 7.11 Å². The standard InChI is InChI=1S/C19H26N2O3/c1-21(2)16-10-6-5-9-15(16)20-19(22)18-14(12-23-3)13-8-4-7-11-17(13)24-18/h4,7-8,11,15-16H,5-6,9-10,12H2,1-3H3,(H,20,22). The summed E-state index contributed by atoms with van der Waals surface area (Å²) >= 11 is 0. The molecule has 130 valence electrons. The van der Waals surface area contributed by atoms with Gasteiger partial charge < -0.3 is 19.4 Å². The molecule has 0 spiro atoms. The summed E-state index contributed by atoms with van der Waals surface area (Å²) in [7, 11) is 5.78. The average Bonchev–Trinajstić information content (AvgIpc) is 2.94. The molecule has 1 N–H and O–H groups in total. The van der Waals surface area contributed by atoms with Gasteiger partial charge in [-0.1, -0.05) is 31.0 Å². The molecule has 1 saturated carbocycles. The van der Waals surface area contributed by atoms with Gasteiger partial charge in [-0.25, -0.2) is 0 Å². The van der Waals surface area contributed by atoms with Gasteiger partial charge in [-0.2, -0.15) is 0 Å². The molecule has 2 unspecified atom stereocenters. The molecular weight excluding hydrogens is 304 g/mol. The van der Waals surface area contributed by atoms with Crippen LogP contribution >= 0.6 is 0 Å². The summed E-state index contributed by atoms with van der Waals surface area (Å²) in [6.45, 7) is 0.363. The van der Waals surface area contributed by atoms with Crippen LogP contribution in [0.5, 0.6) is 0 Å². The summed E-state index contributed by atoms with van der Waals surface area (Å²) < 4.78 is 11.1.